The molecule has 1 aliphatic rings. The standard InChI is InChI=1S/C26H27ClN2O3/c27-22-13-11-21(12-14-22)26-15-25(32-28-26)18-29(16-20-7-3-1-4-8-20)17-23(30)19-31-24-9-5-2-6-10-24/h1-14,23,25,30H,15-19H2. The van der Waals surface area contributed by atoms with Crippen molar-refractivity contribution in [1.29, 1.82) is 0 Å². The summed E-state index contributed by atoms with van der Waals surface area (Å²) >= 11 is 5.99. The molecule has 0 saturated carbocycles. The van der Waals surface area contributed by atoms with Crippen molar-refractivity contribution in [3.05, 3.63) is 101 Å². The molecule has 3 aromatic rings. The van der Waals surface area contributed by atoms with Crippen molar-refractivity contribution in [3.8, 4) is 5.75 Å². The Kier molecular flexibility index (Phi) is 7.77. The van der Waals surface area contributed by atoms with Crippen LogP contribution in [0.15, 0.2) is 90.1 Å². The molecule has 0 amide bonds. The predicted molar refractivity (Wildman–Crippen MR) is 127 cm³/mol. The zero-order chi connectivity index (χ0) is 22.2. The fraction of sp³-hybridized carbons (Fsp3) is 0.269. The van der Waals surface area contributed by atoms with E-state index in [1.54, 1.807) is 0 Å². The maximum atomic E-state index is 10.6. The molecule has 1 heterocycles. The van der Waals surface area contributed by atoms with Crippen LogP contribution in [0, 0.1) is 0 Å². The van der Waals surface area contributed by atoms with Gasteiger partial charge >= 0.3 is 0 Å². The van der Waals surface area contributed by atoms with E-state index in [1.807, 2.05) is 72.8 Å². The summed E-state index contributed by atoms with van der Waals surface area (Å²) < 4.78 is 5.73. The number of benzene rings is 3. The lowest BCUT2D eigenvalue weighted by molar-refractivity contribution is 0.0213. The van der Waals surface area contributed by atoms with Gasteiger partial charge in [0.25, 0.3) is 0 Å². The Morgan fingerprint density at radius 1 is 1.00 bits per heavy atom. The Hall–Kier alpha value is -2.86. The highest BCUT2D eigenvalue weighted by molar-refractivity contribution is 6.30. The van der Waals surface area contributed by atoms with Crippen molar-refractivity contribution in [3.63, 3.8) is 0 Å². The highest BCUT2D eigenvalue weighted by Crippen LogP contribution is 2.20. The lowest BCUT2D eigenvalue weighted by Gasteiger charge is -2.27. The van der Waals surface area contributed by atoms with Gasteiger partial charge in [-0.1, -0.05) is 77.4 Å². The fourth-order valence-corrected chi connectivity index (χ4v) is 3.86. The van der Waals surface area contributed by atoms with E-state index in [0.29, 0.717) is 31.1 Å². The number of hydrogen-bond donors (Lipinski definition) is 1. The van der Waals surface area contributed by atoms with Crippen molar-refractivity contribution in [2.45, 2.75) is 25.2 Å². The summed E-state index contributed by atoms with van der Waals surface area (Å²) in [4.78, 5) is 7.92. The molecule has 0 fully saturated rings. The second kappa shape index (κ2) is 11.1. The maximum Gasteiger partial charge on any atom is 0.145 e. The van der Waals surface area contributed by atoms with Crippen LogP contribution >= 0.6 is 11.6 Å². The van der Waals surface area contributed by atoms with E-state index in [2.05, 4.69) is 22.2 Å². The summed E-state index contributed by atoms with van der Waals surface area (Å²) in [6.45, 7) is 2.06. The molecule has 0 spiro atoms. The van der Waals surface area contributed by atoms with Gasteiger partial charge in [0.15, 0.2) is 0 Å². The van der Waals surface area contributed by atoms with Gasteiger partial charge in [-0.15, -0.1) is 0 Å². The molecular weight excluding hydrogens is 424 g/mol. The van der Waals surface area contributed by atoms with Gasteiger partial charge in [0.1, 0.15) is 24.6 Å². The SMILES string of the molecule is OC(COc1ccccc1)CN(Cc1ccccc1)CC1CC(c2ccc(Cl)cc2)=NO1. The van der Waals surface area contributed by atoms with Crippen LogP contribution in [-0.2, 0) is 11.4 Å². The highest BCUT2D eigenvalue weighted by Gasteiger charge is 2.26. The number of nitrogens with zero attached hydrogens (tertiary/aromatic N) is 2. The van der Waals surface area contributed by atoms with Crippen LogP contribution < -0.4 is 4.74 Å². The van der Waals surface area contributed by atoms with E-state index in [0.717, 1.165) is 17.0 Å². The minimum absolute atomic E-state index is 0.0772. The van der Waals surface area contributed by atoms with Crippen LogP contribution in [0.4, 0.5) is 0 Å². The van der Waals surface area contributed by atoms with Crippen molar-refractivity contribution < 1.29 is 14.7 Å². The van der Waals surface area contributed by atoms with Gasteiger partial charge in [0.2, 0.25) is 0 Å². The molecule has 4 rings (SSSR count). The normalized spacial score (nSPS) is 16.5. The lowest BCUT2D eigenvalue weighted by Crippen LogP contribution is -2.39. The first kappa shape index (κ1) is 22.3. The molecule has 0 aromatic heterocycles. The molecule has 5 nitrogen and oxygen atoms in total. The third-order valence-corrected chi connectivity index (χ3v) is 5.53. The average Bonchev–Trinajstić information content (AvgIpc) is 3.28. The molecule has 1 aliphatic heterocycles. The minimum atomic E-state index is -0.628. The molecule has 6 heteroatoms. The van der Waals surface area contributed by atoms with Gasteiger partial charge in [0, 0.05) is 31.1 Å². The highest BCUT2D eigenvalue weighted by atomic mass is 35.5. The second-order valence-electron chi connectivity index (χ2n) is 7.93. The van der Waals surface area contributed by atoms with Gasteiger partial charge in [-0.2, -0.15) is 0 Å². The number of aliphatic hydroxyl groups is 1. The van der Waals surface area contributed by atoms with Crippen molar-refractivity contribution in [1.82, 2.24) is 4.90 Å². The number of hydrogen-bond acceptors (Lipinski definition) is 5. The first-order chi connectivity index (χ1) is 15.7. The zero-order valence-electron chi connectivity index (χ0n) is 17.8. The number of rotatable bonds is 10. The van der Waals surface area contributed by atoms with Crippen LogP contribution in [0.5, 0.6) is 5.75 Å². The Labute approximate surface area is 193 Å². The van der Waals surface area contributed by atoms with Crippen LogP contribution in [0.2, 0.25) is 5.02 Å². The smallest absolute Gasteiger partial charge is 0.145 e. The number of oxime groups is 1. The molecule has 0 aliphatic carbocycles. The van der Waals surface area contributed by atoms with E-state index >= 15 is 0 Å². The van der Waals surface area contributed by atoms with Crippen LogP contribution in [0.25, 0.3) is 0 Å². The quantitative estimate of drug-likeness (QED) is 0.483. The zero-order valence-corrected chi connectivity index (χ0v) is 18.6. The van der Waals surface area contributed by atoms with Gasteiger partial charge in [-0.3, -0.25) is 4.90 Å². The van der Waals surface area contributed by atoms with E-state index in [9.17, 15) is 5.11 Å². The van der Waals surface area contributed by atoms with E-state index in [1.165, 1.54) is 5.56 Å². The summed E-state index contributed by atoms with van der Waals surface area (Å²) in [5, 5.41) is 15.6. The lowest BCUT2D eigenvalue weighted by atomic mass is 10.0. The number of para-hydroxylation sites is 1. The molecule has 1 N–H and O–H groups in total. The predicted octanol–water partition coefficient (Wildman–Crippen LogP) is 4.78. The summed E-state index contributed by atoms with van der Waals surface area (Å²) in [5.74, 6) is 0.751. The van der Waals surface area contributed by atoms with Gasteiger partial charge < -0.3 is 14.7 Å². The Balaban J connectivity index is 1.35. The van der Waals surface area contributed by atoms with Gasteiger partial charge in [-0.25, -0.2) is 0 Å². The van der Waals surface area contributed by atoms with E-state index in [4.69, 9.17) is 21.2 Å². The fourth-order valence-electron chi connectivity index (χ4n) is 3.73. The Bertz CT molecular complexity index is 997. The third-order valence-electron chi connectivity index (χ3n) is 5.28. The van der Waals surface area contributed by atoms with Crippen LogP contribution in [0.3, 0.4) is 0 Å². The molecule has 3 aromatic carbocycles. The maximum absolute atomic E-state index is 10.6. The second-order valence-corrected chi connectivity index (χ2v) is 8.37. The average molecular weight is 451 g/mol. The van der Waals surface area contributed by atoms with E-state index in [-0.39, 0.29) is 12.7 Å². The minimum Gasteiger partial charge on any atom is -0.491 e. The topological polar surface area (TPSA) is 54.3 Å². The van der Waals surface area contributed by atoms with Crippen LogP contribution in [-0.4, -0.2) is 47.6 Å². The first-order valence-corrected chi connectivity index (χ1v) is 11.1. The van der Waals surface area contributed by atoms with Crippen molar-refractivity contribution in [2.75, 3.05) is 19.7 Å². The molecule has 0 saturated heterocycles. The number of ether oxygens (including phenoxy) is 1. The molecule has 0 radical (unpaired) electrons. The summed E-state index contributed by atoms with van der Waals surface area (Å²) in [7, 11) is 0. The molecule has 166 valence electrons. The third kappa shape index (κ3) is 6.57. The summed E-state index contributed by atoms with van der Waals surface area (Å²) in [6.07, 6.45) is 0.00684. The summed E-state index contributed by atoms with van der Waals surface area (Å²) in [6, 6.07) is 27.4. The molecule has 0 bridgehead atoms. The monoisotopic (exact) mass is 450 g/mol. The van der Waals surface area contributed by atoms with Gasteiger partial charge in [0.05, 0.1) is 5.71 Å². The van der Waals surface area contributed by atoms with Crippen molar-refractivity contribution in [2.24, 2.45) is 5.16 Å². The first-order valence-electron chi connectivity index (χ1n) is 10.8. The molecule has 32 heavy (non-hydrogen) atoms. The Morgan fingerprint density at radius 3 is 2.41 bits per heavy atom. The van der Waals surface area contributed by atoms with Gasteiger partial charge in [-0.05, 0) is 35.4 Å². The summed E-state index contributed by atoms with van der Waals surface area (Å²) in [5.41, 5.74) is 3.11. The van der Waals surface area contributed by atoms with Crippen LogP contribution in [0.1, 0.15) is 17.5 Å². The van der Waals surface area contributed by atoms with E-state index < -0.39 is 6.10 Å². The Morgan fingerprint density at radius 2 is 1.69 bits per heavy atom. The molecular formula is C26H27ClN2O3. The number of aliphatic hydroxyl groups excluding tert-OH is 1. The number of halogens is 1. The molecule has 2 atom stereocenters. The van der Waals surface area contributed by atoms with Crippen molar-refractivity contribution >= 4 is 17.3 Å². The molecule has 2 unspecified atom stereocenters. The largest absolute Gasteiger partial charge is 0.491 e.